The molecule has 3 rings (SSSR count). The molecule has 1 fully saturated rings. The summed E-state index contributed by atoms with van der Waals surface area (Å²) in [7, 11) is 0. The molecule has 0 atom stereocenters. The van der Waals surface area contributed by atoms with Crippen molar-refractivity contribution in [2.75, 3.05) is 11.9 Å². The highest BCUT2D eigenvalue weighted by molar-refractivity contribution is 8.19. The number of carbonyl (C=O) groups excluding carboxylic acids is 2. The summed E-state index contributed by atoms with van der Waals surface area (Å²) in [6, 6.07) is 16.1. The number of thioether (sulfide) groups is 1. The van der Waals surface area contributed by atoms with E-state index in [1.54, 1.807) is 12.1 Å². The molecule has 2 aromatic rings. The van der Waals surface area contributed by atoms with Gasteiger partial charge in [0.1, 0.15) is 10.7 Å². The number of hydrogen-bond donors (Lipinski definition) is 2. The van der Waals surface area contributed by atoms with Crippen molar-refractivity contribution in [3.8, 4) is 5.75 Å². The Morgan fingerprint density at radius 3 is 2.70 bits per heavy atom. The number of carbonyl (C=O) groups is 2. The van der Waals surface area contributed by atoms with E-state index in [1.807, 2.05) is 36.4 Å². The number of benzene rings is 2. The molecule has 1 saturated heterocycles. The second-order valence-electron chi connectivity index (χ2n) is 5.95. The molecular formula is C20H18N2O3S2. The van der Waals surface area contributed by atoms with E-state index in [4.69, 9.17) is 12.2 Å². The highest BCUT2D eigenvalue weighted by atomic mass is 32.2. The molecule has 0 aromatic heterocycles. The fourth-order valence-electron chi connectivity index (χ4n) is 2.60. The molecule has 1 heterocycles. The third-order valence-corrected chi connectivity index (χ3v) is 5.38. The average molecular weight is 399 g/mol. The molecule has 5 nitrogen and oxygen atoms in total. The van der Waals surface area contributed by atoms with Crippen LogP contribution in [0.25, 0.3) is 6.08 Å². The Labute approximate surface area is 167 Å². The Morgan fingerprint density at radius 1 is 1.19 bits per heavy atom. The van der Waals surface area contributed by atoms with Crippen LogP contribution in [0.15, 0.2) is 59.5 Å². The van der Waals surface area contributed by atoms with Crippen LogP contribution in [0.5, 0.6) is 5.75 Å². The third-order valence-electron chi connectivity index (χ3n) is 3.89. The number of rotatable bonds is 6. The van der Waals surface area contributed by atoms with Crippen LogP contribution in [0.3, 0.4) is 0 Å². The van der Waals surface area contributed by atoms with E-state index in [2.05, 4.69) is 5.32 Å². The summed E-state index contributed by atoms with van der Waals surface area (Å²) in [5.41, 5.74) is 1.53. The fraction of sp³-hybridized carbons (Fsp3) is 0.150. The quantitative estimate of drug-likeness (QED) is 0.548. The van der Waals surface area contributed by atoms with E-state index in [1.165, 1.54) is 17.0 Å². The first-order valence-electron chi connectivity index (χ1n) is 8.42. The molecule has 138 valence electrons. The van der Waals surface area contributed by atoms with E-state index in [0.717, 1.165) is 22.2 Å². The van der Waals surface area contributed by atoms with Crippen molar-refractivity contribution in [2.45, 2.75) is 12.8 Å². The van der Waals surface area contributed by atoms with Crippen LogP contribution in [-0.4, -0.2) is 32.7 Å². The second kappa shape index (κ2) is 8.83. The number of anilines is 1. The second-order valence-corrected chi connectivity index (χ2v) is 7.33. The van der Waals surface area contributed by atoms with Gasteiger partial charge in [-0.05, 0) is 42.0 Å². The number of phenols is 1. The molecule has 27 heavy (non-hydrogen) atoms. The Kier molecular flexibility index (Phi) is 6.26. The van der Waals surface area contributed by atoms with Crippen molar-refractivity contribution in [3.63, 3.8) is 0 Å². The molecule has 1 aliphatic rings. The van der Waals surface area contributed by atoms with Gasteiger partial charge in [-0.1, -0.05) is 48.6 Å². The number of phenolic OH excluding ortho intramolecular Hbond substituents is 1. The minimum atomic E-state index is -0.175. The van der Waals surface area contributed by atoms with Crippen molar-refractivity contribution < 1.29 is 14.7 Å². The van der Waals surface area contributed by atoms with Crippen LogP contribution < -0.4 is 5.32 Å². The first-order valence-corrected chi connectivity index (χ1v) is 9.65. The molecular weight excluding hydrogens is 380 g/mol. The van der Waals surface area contributed by atoms with Crippen LogP contribution in [-0.2, 0) is 4.79 Å². The highest BCUT2D eigenvalue weighted by Gasteiger charge is 2.31. The van der Waals surface area contributed by atoms with Gasteiger partial charge in [0.15, 0.2) is 0 Å². The zero-order valence-corrected chi connectivity index (χ0v) is 16.1. The minimum absolute atomic E-state index is 0.0931. The Hall–Kier alpha value is -2.64. The summed E-state index contributed by atoms with van der Waals surface area (Å²) < 4.78 is 0. The Balaban J connectivity index is 1.52. The average Bonchev–Trinajstić information content (AvgIpc) is 2.90. The molecule has 0 aliphatic carbocycles. The van der Waals surface area contributed by atoms with Crippen molar-refractivity contribution in [1.29, 1.82) is 0 Å². The lowest BCUT2D eigenvalue weighted by atomic mass is 10.2. The number of nitrogens with zero attached hydrogens (tertiary/aromatic N) is 1. The molecule has 7 heteroatoms. The van der Waals surface area contributed by atoms with Crippen LogP contribution >= 0.6 is 24.0 Å². The molecule has 0 radical (unpaired) electrons. The summed E-state index contributed by atoms with van der Waals surface area (Å²) in [6.45, 7) is 0.393. The largest absolute Gasteiger partial charge is 0.508 e. The van der Waals surface area contributed by atoms with E-state index >= 15 is 0 Å². The first kappa shape index (κ1) is 19.1. The molecule has 0 saturated carbocycles. The van der Waals surface area contributed by atoms with Gasteiger partial charge >= 0.3 is 0 Å². The van der Waals surface area contributed by atoms with Gasteiger partial charge < -0.3 is 10.4 Å². The van der Waals surface area contributed by atoms with Gasteiger partial charge in [-0.25, -0.2) is 0 Å². The topological polar surface area (TPSA) is 69.6 Å². The van der Waals surface area contributed by atoms with E-state index in [-0.39, 0.29) is 23.3 Å². The van der Waals surface area contributed by atoms with Gasteiger partial charge in [-0.3, -0.25) is 14.5 Å². The molecule has 2 amide bonds. The number of amides is 2. The monoisotopic (exact) mass is 398 g/mol. The van der Waals surface area contributed by atoms with Gasteiger partial charge in [0.2, 0.25) is 5.91 Å². The van der Waals surface area contributed by atoms with Crippen LogP contribution in [0.4, 0.5) is 10.5 Å². The molecule has 0 unspecified atom stereocenters. The molecule has 2 aromatic carbocycles. The predicted molar refractivity (Wildman–Crippen MR) is 113 cm³/mol. The SMILES string of the molecule is O=C(CCCN1C(=O)S/C(=C\c2ccccc2)C1=S)Nc1cccc(O)c1. The van der Waals surface area contributed by atoms with Crippen LogP contribution in [0.1, 0.15) is 18.4 Å². The third kappa shape index (κ3) is 5.18. The number of aromatic hydroxyl groups is 1. The molecule has 0 bridgehead atoms. The summed E-state index contributed by atoms with van der Waals surface area (Å²) in [6.07, 6.45) is 2.65. The Bertz CT molecular complexity index is 897. The van der Waals surface area contributed by atoms with Gasteiger partial charge in [0.05, 0.1) is 4.91 Å². The van der Waals surface area contributed by atoms with Crippen molar-refractivity contribution in [1.82, 2.24) is 4.90 Å². The van der Waals surface area contributed by atoms with Gasteiger partial charge in [0, 0.05) is 24.7 Å². The number of nitrogens with one attached hydrogen (secondary N) is 1. The summed E-state index contributed by atoms with van der Waals surface area (Å²) in [5.74, 6) is -0.0820. The predicted octanol–water partition coefficient (Wildman–Crippen LogP) is 4.65. The van der Waals surface area contributed by atoms with E-state index in [9.17, 15) is 14.7 Å². The summed E-state index contributed by atoms with van der Waals surface area (Å²) in [4.78, 5) is 27.0. The van der Waals surface area contributed by atoms with Crippen molar-refractivity contribution in [3.05, 3.63) is 65.1 Å². The van der Waals surface area contributed by atoms with Gasteiger partial charge in [0.25, 0.3) is 5.24 Å². The van der Waals surface area contributed by atoms with Gasteiger partial charge in [-0.15, -0.1) is 0 Å². The number of hydrogen-bond acceptors (Lipinski definition) is 5. The van der Waals surface area contributed by atoms with Crippen molar-refractivity contribution >= 4 is 51.9 Å². The van der Waals surface area contributed by atoms with E-state index in [0.29, 0.717) is 23.6 Å². The maximum absolute atomic E-state index is 12.2. The fourth-order valence-corrected chi connectivity index (χ4v) is 3.89. The lowest BCUT2D eigenvalue weighted by molar-refractivity contribution is -0.116. The van der Waals surface area contributed by atoms with Gasteiger partial charge in [-0.2, -0.15) is 0 Å². The molecule has 0 spiro atoms. The molecule has 1 aliphatic heterocycles. The number of thiocarbonyl (C=S) groups is 1. The first-order chi connectivity index (χ1) is 13.0. The molecule has 2 N–H and O–H groups in total. The minimum Gasteiger partial charge on any atom is -0.508 e. The Morgan fingerprint density at radius 2 is 1.96 bits per heavy atom. The van der Waals surface area contributed by atoms with Crippen LogP contribution in [0, 0.1) is 0 Å². The maximum atomic E-state index is 12.2. The zero-order valence-electron chi connectivity index (χ0n) is 14.4. The smallest absolute Gasteiger partial charge is 0.291 e. The summed E-state index contributed by atoms with van der Waals surface area (Å²) in [5, 5.41) is 12.0. The van der Waals surface area contributed by atoms with Crippen molar-refractivity contribution in [2.24, 2.45) is 0 Å². The highest BCUT2D eigenvalue weighted by Crippen LogP contribution is 2.33. The summed E-state index contributed by atoms with van der Waals surface area (Å²) >= 11 is 6.54. The normalized spacial score (nSPS) is 15.4. The zero-order chi connectivity index (χ0) is 19.2. The lowest BCUT2D eigenvalue weighted by Gasteiger charge is -2.14. The lowest BCUT2D eigenvalue weighted by Crippen LogP contribution is -2.28. The van der Waals surface area contributed by atoms with Crippen LogP contribution in [0.2, 0.25) is 0 Å². The maximum Gasteiger partial charge on any atom is 0.291 e. The van der Waals surface area contributed by atoms with E-state index < -0.39 is 0 Å². The standard InChI is InChI=1S/C20H18N2O3S2/c23-16-9-4-8-15(13-16)21-18(24)10-5-11-22-19(26)17(27-20(22)25)12-14-6-2-1-3-7-14/h1-4,6-9,12-13,23H,5,10-11H2,(H,21,24)/b17-12-.